The van der Waals surface area contributed by atoms with Crippen LogP contribution in [0.1, 0.15) is 18.1 Å². The number of para-hydroxylation sites is 1. The summed E-state index contributed by atoms with van der Waals surface area (Å²) >= 11 is 0. The standard InChI is InChI=1S/C33H23N3O/c1-20-7-3-6-10-29(20)35-21(2)22-11-13-23(14-12-22)24-15-16-30-28(19-24)26-17-18-34-31-25-8-4-5-9-27(25)33(37)36(30)32(26)31/h3-19H,1-2H3. The summed E-state index contributed by atoms with van der Waals surface area (Å²) in [5, 5.41) is 3.68. The first kappa shape index (κ1) is 21.5. The maximum atomic E-state index is 13.5. The Morgan fingerprint density at radius 1 is 0.757 bits per heavy atom. The van der Waals surface area contributed by atoms with E-state index in [-0.39, 0.29) is 5.56 Å². The van der Waals surface area contributed by atoms with Crippen molar-refractivity contribution in [1.82, 2.24) is 9.38 Å². The third kappa shape index (κ3) is 3.26. The molecule has 176 valence electrons. The quantitative estimate of drug-likeness (QED) is 0.193. The van der Waals surface area contributed by atoms with E-state index >= 15 is 0 Å². The minimum Gasteiger partial charge on any atom is -0.273 e. The van der Waals surface area contributed by atoms with Crippen molar-refractivity contribution in [2.45, 2.75) is 13.8 Å². The van der Waals surface area contributed by atoms with E-state index in [2.05, 4.69) is 60.4 Å². The van der Waals surface area contributed by atoms with Crippen molar-refractivity contribution in [3.8, 4) is 11.1 Å². The molecule has 4 heteroatoms. The van der Waals surface area contributed by atoms with Gasteiger partial charge in [0.2, 0.25) is 0 Å². The van der Waals surface area contributed by atoms with Crippen LogP contribution in [0, 0.1) is 6.92 Å². The summed E-state index contributed by atoms with van der Waals surface area (Å²) < 4.78 is 1.83. The number of aryl methyl sites for hydroxylation is 1. The van der Waals surface area contributed by atoms with Gasteiger partial charge in [-0.15, -0.1) is 0 Å². The van der Waals surface area contributed by atoms with Gasteiger partial charge in [0.15, 0.2) is 0 Å². The summed E-state index contributed by atoms with van der Waals surface area (Å²) in [5.41, 5.74) is 9.11. The van der Waals surface area contributed by atoms with E-state index in [1.807, 2.05) is 66.1 Å². The van der Waals surface area contributed by atoms with Crippen molar-refractivity contribution in [3.05, 3.63) is 125 Å². The Labute approximate surface area is 213 Å². The van der Waals surface area contributed by atoms with Gasteiger partial charge in [0, 0.05) is 33.5 Å². The van der Waals surface area contributed by atoms with Crippen LogP contribution in [0.5, 0.6) is 0 Å². The Bertz CT molecular complexity index is 2070. The molecule has 4 aromatic carbocycles. The smallest absolute Gasteiger partial charge is 0.263 e. The summed E-state index contributed by atoms with van der Waals surface area (Å²) in [5.74, 6) is 0. The molecule has 0 radical (unpaired) electrons. The van der Waals surface area contributed by atoms with Crippen molar-refractivity contribution in [3.63, 3.8) is 0 Å². The number of hydrogen-bond acceptors (Lipinski definition) is 3. The maximum absolute atomic E-state index is 13.5. The van der Waals surface area contributed by atoms with Gasteiger partial charge >= 0.3 is 0 Å². The first-order valence-corrected chi connectivity index (χ1v) is 12.4. The Kier molecular flexibility index (Phi) is 4.70. The van der Waals surface area contributed by atoms with Gasteiger partial charge in [-0.3, -0.25) is 19.2 Å². The lowest BCUT2D eigenvalue weighted by Crippen LogP contribution is -2.13. The summed E-state index contributed by atoms with van der Waals surface area (Å²) in [6, 6.07) is 32.8. The molecule has 0 fully saturated rings. The van der Waals surface area contributed by atoms with Crippen LogP contribution in [-0.4, -0.2) is 15.1 Å². The highest BCUT2D eigenvalue weighted by molar-refractivity contribution is 6.19. The SMILES string of the molecule is CC(=Nc1ccccc1C)c1ccc(-c2ccc3c(c2)c2ccnc4c5ccccc5c(=O)n3c24)cc1. The highest BCUT2D eigenvalue weighted by atomic mass is 16.1. The third-order valence-corrected chi connectivity index (χ3v) is 7.33. The van der Waals surface area contributed by atoms with Crippen molar-refractivity contribution in [2.24, 2.45) is 4.99 Å². The molecule has 0 amide bonds. The number of nitrogens with zero attached hydrogens (tertiary/aromatic N) is 3. The molecule has 0 saturated carbocycles. The van der Waals surface area contributed by atoms with E-state index in [9.17, 15) is 4.79 Å². The zero-order chi connectivity index (χ0) is 25.1. The second kappa shape index (κ2) is 8.10. The second-order valence-electron chi connectivity index (χ2n) is 9.53. The summed E-state index contributed by atoms with van der Waals surface area (Å²) in [6.07, 6.45) is 1.84. The average Bonchev–Trinajstić information content (AvgIpc) is 3.28. The van der Waals surface area contributed by atoms with Crippen LogP contribution in [-0.2, 0) is 0 Å². The molecule has 37 heavy (non-hydrogen) atoms. The number of aliphatic imine (C=N–C) groups is 1. The van der Waals surface area contributed by atoms with Gasteiger partial charge in [-0.1, -0.05) is 66.7 Å². The van der Waals surface area contributed by atoms with E-state index in [4.69, 9.17) is 4.99 Å². The molecule has 0 aliphatic rings. The van der Waals surface area contributed by atoms with Gasteiger partial charge in [-0.2, -0.15) is 0 Å². The van der Waals surface area contributed by atoms with Crippen LogP contribution < -0.4 is 5.56 Å². The monoisotopic (exact) mass is 477 g/mol. The first-order valence-electron chi connectivity index (χ1n) is 12.4. The van der Waals surface area contributed by atoms with Crippen LogP contribution in [0.25, 0.3) is 49.2 Å². The van der Waals surface area contributed by atoms with Crippen LogP contribution in [0.3, 0.4) is 0 Å². The van der Waals surface area contributed by atoms with Crippen LogP contribution >= 0.6 is 0 Å². The zero-order valence-corrected chi connectivity index (χ0v) is 20.6. The molecular weight excluding hydrogens is 454 g/mol. The van der Waals surface area contributed by atoms with E-state index in [0.29, 0.717) is 5.39 Å². The van der Waals surface area contributed by atoms with Gasteiger partial charge in [0.25, 0.3) is 5.56 Å². The van der Waals surface area contributed by atoms with E-state index in [1.165, 1.54) is 0 Å². The van der Waals surface area contributed by atoms with E-state index < -0.39 is 0 Å². The van der Waals surface area contributed by atoms with Crippen LogP contribution in [0.2, 0.25) is 0 Å². The van der Waals surface area contributed by atoms with Crippen molar-refractivity contribution in [1.29, 1.82) is 0 Å². The highest BCUT2D eigenvalue weighted by Crippen LogP contribution is 2.35. The topological polar surface area (TPSA) is 46.7 Å². The number of pyridine rings is 2. The largest absolute Gasteiger partial charge is 0.273 e. The minimum atomic E-state index is -0.00313. The number of hydrogen-bond donors (Lipinski definition) is 0. The van der Waals surface area contributed by atoms with E-state index in [0.717, 1.165) is 66.4 Å². The maximum Gasteiger partial charge on any atom is 0.263 e. The first-order chi connectivity index (χ1) is 18.1. The summed E-state index contributed by atoms with van der Waals surface area (Å²) in [6.45, 7) is 4.12. The normalized spacial score (nSPS) is 12.3. The molecule has 0 bridgehead atoms. The lowest BCUT2D eigenvalue weighted by atomic mass is 10.0. The number of aromatic nitrogens is 2. The number of benzene rings is 4. The molecule has 0 unspecified atom stereocenters. The molecule has 7 aromatic rings. The average molecular weight is 478 g/mol. The molecule has 0 N–H and O–H groups in total. The zero-order valence-electron chi connectivity index (χ0n) is 20.6. The molecule has 0 aliphatic heterocycles. The Hall–Kier alpha value is -4.83. The summed E-state index contributed by atoms with van der Waals surface area (Å²) in [7, 11) is 0. The van der Waals surface area contributed by atoms with Crippen LogP contribution in [0.4, 0.5) is 5.69 Å². The second-order valence-corrected chi connectivity index (χ2v) is 9.53. The molecule has 4 nitrogen and oxygen atoms in total. The van der Waals surface area contributed by atoms with Gasteiger partial charge in [0.05, 0.1) is 22.2 Å². The van der Waals surface area contributed by atoms with Gasteiger partial charge in [-0.05, 0) is 66.4 Å². The molecule has 0 spiro atoms. The molecule has 0 aliphatic carbocycles. The molecule has 3 aromatic heterocycles. The molecule has 0 saturated heterocycles. The minimum absolute atomic E-state index is 0.00313. The Balaban J connectivity index is 1.36. The van der Waals surface area contributed by atoms with Crippen molar-refractivity contribution >= 4 is 49.5 Å². The van der Waals surface area contributed by atoms with E-state index in [1.54, 1.807) is 0 Å². The fraction of sp³-hybridized carbons (Fsp3) is 0.0606. The molecular formula is C33H23N3O. The molecule has 3 heterocycles. The fourth-order valence-electron chi connectivity index (χ4n) is 5.39. The predicted octanol–water partition coefficient (Wildman–Crippen LogP) is 7.71. The van der Waals surface area contributed by atoms with Crippen molar-refractivity contribution in [2.75, 3.05) is 0 Å². The Morgan fingerprint density at radius 3 is 2.30 bits per heavy atom. The predicted molar refractivity (Wildman–Crippen MR) is 154 cm³/mol. The Morgan fingerprint density at radius 2 is 1.49 bits per heavy atom. The van der Waals surface area contributed by atoms with Gasteiger partial charge in [0.1, 0.15) is 0 Å². The van der Waals surface area contributed by atoms with Crippen LogP contribution in [0.15, 0.2) is 113 Å². The molecule has 7 rings (SSSR count). The fourth-order valence-corrected chi connectivity index (χ4v) is 5.39. The van der Waals surface area contributed by atoms with Crippen molar-refractivity contribution < 1.29 is 0 Å². The lowest BCUT2D eigenvalue weighted by molar-refractivity contribution is 1.20. The number of rotatable bonds is 3. The third-order valence-electron chi connectivity index (χ3n) is 7.33. The highest BCUT2D eigenvalue weighted by Gasteiger charge is 2.18. The number of fused-ring (bicyclic) bond motifs is 5. The lowest BCUT2D eigenvalue weighted by Gasteiger charge is -2.07. The summed E-state index contributed by atoms with van der Waals surface area (Å²) in [4.78, 5) is 23.0. The van der Waals surface area contributed by atoms with Gasteiger partial charge < -0.3 is 0 Å². The molecule has 0 atom stereocenters. The van der Waals surface area contributed by atoms with Gasteiger partial charge in [-0.25, -0.2) is 0 Å².